The zero-order chi connectivity index (χ0) is 24.5. The average molecular weight is 509 g/mol. The van der Waals surface area contributed by atoms with Gasteiger partial charge in [0.2, 0.25) is 0 Å². The van der Waals surface area contributed by atoms with E-state index in [1.807, 2.05) is 22.7 Å². The Balaban J connectivity index is 1.38. The average Bonchev–Trinajstić information content (AvgIpc) is 3.48. The third kappa shape index (κ3) is 4.66. The van der Waals surface area contributed by atoms with Crippen molar-refractivity contribution in [3.05, 3.63) is 70.4 Å². The first-order chi connectivity index (χ1) is 17.7. The lowest BCUT2D eigenvalue weighted by atomic mass is 9.96. The molecule has 0 N–H and O–H groups in total. The fourth-order valence-corrected chi connectivity index (χ4v) is 8.02. The Hall–Kier alpha value is -2.42. The van der Waals surface area contributed by atoms with E-state index in [9.17, 15) is 0 Å². The molecule has 0 amide bonds. The van der Waals surface area contributed by atoms with Crippen molar-refractivity contribution < 1.29 is 0 Å². The van der Waals surface area contributed by atoms with Gasteiger partial charge in [-0.25, -0.2) is 0 Å². The van der Waals surface area contributed by atoms with Gasteiger partial charge < -0.3 is 0 Å². The van der Waals surface area contributed by atoms with Gasteiger partial charge in [0.15, 0.2) is 0 Å². The summed E-state index contributed by atoms with van der Waals surface area (Å²) in [4.78, 5) is 3.08. The maximum absolute atomic E-state index is 2.45. The number of hydrogen-bond acceptors (Lipinski definition) is 2. The van der Waals surface area contributed by atoms with E-state index in [0.717, 1.165) is 0 Å². The van der Waals surface area contributed by atoms with E-state index in [1.54, 1.807) is 0 Å². The lowest BCUT2D eigenvalue weighted by Gasteiger charge is -2.08. The van der Waals surface area contributed by atoms with Gasteiger partial charge in [-0.1, -0.05) is 76.6 Å². The van der Waals surface area contributed by atoms with Crippen LogP contribution >= 0.6 is 22.7 Å². The molecular formula is C34H36S2. The predicted octanol–water partition coefficient (Wildman–Crippen LogP) is 11.8. The summed E-state index contributed by atoms with van der Waals surface area (Å²) in [7, 11) is 0. The number of unbranched alkanes of at least 4 members (excludes halogenated alkanes) is 6. The maximum atomic E-state index is 2.45. The number of thiophene rings is 2. The molecule has 0 unspecified atom stereocenters. The minimum Gasteiger partial charge on any atom is -0.140 e. The summed E-state index contributed by atoms with van der Waals surface area (Å²) in [6.45, 7) is 4.57. The van der Waals surface area contributed by atoms with Crippen LogP contribution in [0.5, 0.6) is 0 Å². The molecule has 0 fully saturated rings. The van der Waals surface area contributed by atoms with Crippen LogP contribution in [0.1, 0.15) is 75.0 Å². The molecule has 0 atom stereocenters. The van der Waals surface area contributed by atoms with Crippen LogP contribution in [0.4, 0.5) is 0 Å². The second kappa shape index (κ2) is 10.5. The van der Waals surface area contributed by atoms with Crippen LogP contribution in [-0.4, -0.2) is 0 Å². The Morgan fingerprint density at radius 1 is 0.444 bits per heavy atom. The van der Waals surface area contributed by atoms with E-state index < -0.39 is 0 Å². The van der Waals surface area contributed by atoms with E-state index >= 15 is 0 Å². The second-order valence-electron chi connectivity index (χ2n) is 10.5. The molecule has 0 aliphatic rings. The van der Waals surface area contributed by atoms with Gasteiger partial charge in [0.05, 0.1) is 0 Å². The van der Waals surface area contributed by atoms with Crippen molar-refractivity contribution in [2.24, 2.45) is 0 Å². The molecule has 184 valence electrons. The molecule has 2 heterocycles. The molecular weight excluding hydrogens is 473 g/mol. The molecule has 0 aliphatic carbocycles. The zero-order valence-corrected chi connectivity index (χ0v) is 23.3. The van der Waals surface area contributed by atoms with Crippen LogP contribution in [0.3, 0.4) is 0 Å². The van der Waals surface area contributed by atoms with Gasteiger partial charge in [-0.05, 0) is 105 Å². The van der Waals surface area contributed by atoms with Crippen molar-refractivity contribution in [2.45, 2.75) is 78.1 Å². The first-order valence-corrected chi connectivity index (χ1v) is 15.6. The van der Waals surface area contributed by atoms with Crippen molar-refractivity contribution in [1.29, 1.82) is 0 Å². The summed E-state index contributed by atoms with van der Waals surface area (Å²) < 4.78 is 2.86. The van der Waals surface area contributed by atoms with Gasteiger partial charge in [0, 0.05) is 19.2 Å². The van der Waals surface area contributed by atoms with E-state index in [-0.39, 0.29) is 0 Å². The Bertz CT molecular complexity index is 1540. The largest absolute Gasteiger partial charge is 0.140 e. The van der Waals surface area contributed by atoms with Crippen LogP contribution in [-0.2, 0) is 12.8 Å². The Morgan fingerprint density at radius 2 is 0.917 bits per heavy atom. The van der Waals surface area contributed by atoms with E-state index in [1.165, 1.54) is 126 Å². The lowest BCUT2D eigenvalue weighted by molar-refractivity contribution is 0.670. The minimum atomic E-state index is 1.22. The SMILES string of the molecule is CCCCCCc1cc2cc3c(ccc4c5cc6cc(CCCCCC)sc6cc5ccc34)cc2s1. The van der Waals surface area contributed by atoms with Gasteiger partial charge in [0.1, 0.15) is 0 Å². The highest BCUT2D eigenvalue weighted by molar-refractivity contribution is 7.19. The Kier molecular flexibility index (Phi) is 7.00. The van der Waals surface area contributed by atoms with Crippen LogP contribution in [0.25, 0.3) is 52.5 Å². The second-order valence-corrected chi connectivity index (χ2v) is 12.8. The predicted molar refractivity (Wildman–Crippen MR) is 165 cm³/mol. The summed E-state index contributed by atoms with van der Waals surface area (Å²) in [6.07, 6.45) is 13.1. The Morgan fingerprint density at radius 3 is 1.36 bits per heavy atom. The third-order valence-electron chi connectivity index (χ3n) is 7.76. The molecule has 0 nitrogen and oxygen atoms in total. The van der Waals surface area contributed by atoms with Gasteiger partial charge in [-0.3, -0.25) is 0 Å². The van der Waals surface area contributed by atoms with E-state index in [4.69, 9.17) is 0 Å². The molecule has 4 aromatic carbocycles. The number of benzene rings is 4. The van der Waals surface area contributed by atoms with Crippen molar-refractivity contribution >= 4 is 75.2 Å². The van der Waals surface area contributed by atoms with Crippen LogP contribution < -0.4 is 0 Å². The standard InChI is InChI=1S/C34H36S2/c1-3-5-7-9-11-27-17-25-19-31-23(21-33(25)35-27)13-15-30-29(31)16-14-24-22-34-26(20-32(24)30)18-28(36-34)12-10-8-6-4-2/h13-22H,3-12H2,1-2H3. The summed E-state index contributed by atoms with van der Waals surface area (Å²) >= 11 is 3.98. The first kappa shape index (κ1) is 23.9. The Labute approximate surface area is 222 Å². The smallest absolute Gasteiger partial charge is 0.0352 e. The topological polar surface area (TPSA) is 0 Å². The lowest BCUT2D eigenvalue weighted by Crippen LogP contribution is -1.81. The minimum absolute atomic E-state index is 1.22. The molecule has 0 saturated heterocycles. The highest BCUT2D eigenvalue weighted by atomic mass is 32.1. The first-order valence-electron chi connectivity index (χ1n) is 14.0. The molecule has 2 heteroatoms. The summed E-state index contributed by atoms with van der Waals surface area (Å²) in [5, 5.41) is 11.1. The van der Waals surface area contributed by atoms with Gasteiger partial charge in [0.25, 0.3) is 0 Å². The summed E-state index contributed by atoms with van der Waals surface area (Å²) in [6, 6.07) is 24.0. The molecule has 0 spiro atoms. The van der Waals surface area contributed by atoms with Crippen molar-refractivity contribution in [1.82, 2.24) is 0 Å². The number of fused-ring (bicyclic) bond motifs is 7. The van der Waals surface area contributed by atoms with Crippen molar-refractivity contribution in [2.75, 3.05) is 0 Å². The van der Waals surface area contributed by atoms with E-state index in [2.05, 4.69) is 74.5 Å². The van der Waals surface area contributed by atoms with Crippen LogP contribution in [0.15, 0.2) is 60.7 Å². The molecule has 0 aliphatic heterocycles. The van der Waals surface area contributed by atoms with Gasteiger partial charge in [-0.2, -0.15) is 0 Å². The highest BCUT2D eigenvalue weighted by Gasteiger charge is 2.11. The van der Waals surface area contributed by atoms with Crippen LogP contribution in [0, 0.1) is 0 Å². The molecule has 0 bridgehead atoms. The normalized spacial score (nSPS) is 12.2. The number of rotatable bonds is 10. The molecule has 6 rings (SSSR count). The maximum Gasteiger partial charge on any atom is 0.0352 e. The van der Waals surface area contributed by atoms with Crippen molar-refractivity contribution in [3.63, 3.8) is 0 Å². The monoisotopic (exact) mass is 508 g/mol. The van der Waals surface area contributed by atoms with E-state index in [0.29, 0.717) is 0 Å². The molecule has 6 aromatic rings. The van der Waals surface area contributed by atoms with Gasteiger partial charge >= 0.3 is 0 Å². The third-order valence-corrected chi connectivity index (χ3v) is 10.1. The molecule has 0 saturated carbocycles. The molecule has 0 radical (unpaired) electrons. The number of hydrogen-bond donors (Lipinski definition) is 0. The van der Waals surface area contributed by atoms with Gasteiger partial charge in [-0.15, -0.1) is 22.7 Å². The molecule has 2 aromatic heterocycles. The number of aryl methyl sites for hydroxylation is 2. The fraction of sp³-hybridized carbons (Fsp3) is 0.353. The zero-order valence-electron chi connectivity index (χ0n) is 21.7. The summed E-state index contributed by atoms with van der Waals surface area (Å²) in [5.41, 5.74) is 0. The highest BCUT2D eigenvalue weighted by Crippen LogP contribution is 2.38. The fourth-order valence-electron chi connectivity index (χ4n) is 5.75. The molecule has 36 heavy (non-hydrogen) atoms. The quantitative estimate of drug-likeness (QED) is 0.127. The summed E-state index contributed by atoms with van der Waals surface area (Å²) in [5.74, 6) is 0. The van der Waals surface area contributed by atoms with Crippen LogP contribution in [0.2, 0.25) is 0 Å². The van der Waals surface area contributed by atoms with Crippen molar-refractivity contribution in [3.8, 4) is 0 Å².